The van der Waals surface area contributed by atoms with Gasteiger partial charge in [-0.1, -0.05) is 11.6 Å². The molecule has 0 saturated carbocycles. The summed E-state index contributed by atoms with van der Waals surface area (Å²) in [5, 5.41) is 12.6. The second-order valence-corrected chi connectivity index (χ2v) is 6.50. The maximum atomic E-state index is 8.97. The smallest absolute Gasteiger partial charge is 0.133 e. The molecule has 0 atom stereocenters. The fourth-order valence-electron chi connectivity index (χ4n) is 2.97. The predicted octanol–water partition coefficient (Wildman–Crippen LogP) is 2.54. The average molecular weight is 342 g/mol. The van der Waals surface area contributed by atoms with E-state index in [0.717, 1.165) is 26.3 Å². The molecule has 2 fully saturated rings. The zero-order valence-electron chi connectivity index (χ0n) is 12.9. The first kappa shape index (κ1) is 15.3. The molecule has 0 spiro atoms. The lowest BCUT2D eigenvalue weighted by atomic mass is 9.90. The molecule has 0 aromatic carbocycles. The average Bonchev–Trinajstić information content (AvgIpc) is 2.48. The van der Waals surface area contributed by atoms with E-state index in [0.29, 0.717) is 34.3 Å². The van der Waals surface area contributed by atoms with Crippen LogP contribution in [0.1, 0.15) is 17.0 Å². The van der Waals surface area contributed by atoms with Crippen LogP contribution in [0.15, 0.2) is 30.5 Å². The van der Waals surface area contributed by atoms with Crippen molar-refractivity contribution in [3.05, 3.63) is 46.7 Å². The lowest BCUT2D eigenvalue weighted by molar-refractivity contribution is -0.0906. The molecule has 2 aliphatic heterocycles. The highest BCUT2D eigenvalue weighted by molar-refractivity contribution is 6.29. The SMILES string of the molecule is N#Cc1ccnc(Nc2cc(C3CN(C4COC4)C3)cc(Cl)n2)c1. The van der Waals surface area contributed by atoms with Gasteiger partial charge in [0.1, 0.15) is 16.8 Å². The van der Waals surface area contributed by atoms with Crippen LogP contribution in [-0.4, -0.2) is 47.2 Å². The second-order valence-electron chi connectivity index (χ2n) is 6.12. The van der Waals surface area contributed by atoms with Crippen molar-refractivity contribution in [2.75, 3.05) is 31.6 Å². The van der Waals surface area contributed by atoms with Gasteiger partial charge in [0, 0.05) is 25.2 Å². The van der Waals surface area contributed by atoms with Crippen molar-refractivity contribution in [2.24, 2.45) is 0 Å². The van der Waals surface area contributed by atoms with Crippen LogP contribution < -0.4 is 5.32 Å². The zero-order chi connectivity index (χ0) is 16.5. The van der Waals surface area contributed by atoms with Crippen LogP contribution >= 0.6 is 11.6 Å². The van der Waals surface area contributed by atoms with Gasteiger partial charge in [0.05, 0.1) is 30.9 Å². The Morgan fingerprint density at radius 2 is 2.08 bits per heavy atom. The summed E-state index contributed by atoms with van der Waals surface area (Å²) in [5.41, 5.74) is 1.72. The van der Waals surface area contributed by atoms with E-state index in [2.05, 4.69) is 26.3 Å². The first-order valence-electron chi connectivity index (χ1n) is 7.84. The van der Waals surface area contributed by atoms with E-state index < -0.39 is 0 Å². The maximum absolute atomic E-state index is 8.97. The Morgan fingerprint density at radius 3 is 2.79 bits per heavy atom. The summed E-state index contributed by atoms with van der Waals surface area (Å²) in [7, 11) is 0. The van der Waals surface area contributed by atoms with Crippen LogP contribution in [0.5, 0.6) is 0 Å². The minimum absolute atomic E-state index is 0.455. The molecule has 2 aromatic rings. The van der Waals surface area contributed by atoms with Crippen molar-refractivity contribution in [3.63, 3.8) is 0 Å². The number of hydrogen-bond donors (Lipinski definition) is 1. The van der Waals surface area contributed by atoms with Gasteiger partial charge in [0.2, 0.25) is 0 Å². The van der Waals surface area contributed by atoms with Crippen molar-refractivity contribution < 1.29 is 4.74 Å². The van der Waals surface area contributed by atoms with Crippen LogP contribution in [-0.2, 0) is 4.74 Å². The number of aromatic nitrogens is 2. The molecule has 2 saturated heterocycles. The number of rotatable bonds is 4. The summed E-state index contributed by atoms with van der Waals surface area (Å²) >= 11 is 6.18. The highest BCUT2D eigenvalue weighted by atomic mass is 35.5. The molecule has 7 heteroatoms. The van der Waals surface area contributed by atoms with Gasteiger partial charge in [-0.25, -0.2) is 9.97 Å². The van der Waals surface area contributed by atoms with Crippen LogP contribution in [0.3, 0.4) is 0 Å². The molecular weight excluding hydrogens is 326 g/mol. The third-order valence-corrected chi connectivity index (χ3v) is 4.67. The van der Waals surface area contributed by atoms with Gasteiger partial charge in [-0.2, -0.15) is 5.26 Å². The summed E-state index contributed by atoms with van der Waals surface area (Å²) in [6, 6.07) is 9.95. The molecule has 0 aliphatic carbocycles. The third-order valence-electron chi connectivity index (χ3n) is 4.48. The molecule has 0 radical (unpaired) electrons. The molecule has 4 heterocycles. The normalized spacial score (nSPS) is 18.5. The number of anilines is 2. The van der Waals surface area contributed by atoms with Crippen LogP contribution in [0.25, 0.3) is 0 Å². The molecule has 0 amide bonds. The Hall–Kier alpha value is -2.20. The van der Waals surface area contributed by atoms with Crippen LogP contribution in [0, 0.1) is 11.3 Å². The van der Waals surface area contributed by atoms with E-state index in [4.69, 9.17) is 21.6 Å². The van der Waals surface area contributed by atoms with Gasteiger partial charge in [0.25, 0.3) is 0 Å². The maximum Gasteiger partial charge on any atom is 0.133 e. The zero-order valence-corrected chi connectivity index (χ0v) is 13.7. The fourth-order valence-corrected chi connectivity index (χ4v) is 3.19. The molecule has 122 valence electrons. The Bertz CT molecular complexity index is 796. The number of ether oxygens (including phenoxy) is 1. The molecule has 6 nitrogen and oxygen atoms in total. The summed E-state index contributed by atoms with van der Waals surface area (Å²) in [6.45, 7) is 3.74. The molecule has 1 N–H and O–H groups in total. The summed E-state index contributed by atoms with van der Waals surface area (Å²) in [6.07, 6.45) is 1.59. The highest BCUT2D eigenvalue weighted by Gasteiger charge is 2.36. The Morgan fingerprint density at radius 1 is 1.25 bits per heavy atom. The minimum atomic E-state index is 0.455. The van der Waals surface area contributed by atoms with E-state index in [-0.39, 0.29) is 0 Å². The number of nitrogens with zero attached hydrogens (tertiary/aromatic N) is 4. The number of likely N-dealkylation sites (tertiary alicyclic amines) is 1. The second kappa shape index (κ2) is 6.36. The molecule has 2 aliphatic rings. The van der Waals surface area contributed by atoms with Gasteiger partial charge in [-0.05, 0) is 29.8 Å². The van der Waals surface area contributed by atoms with Crippen molar-refractivity contribution in [3.8, 4) is 6.07 Å². The van der Waals surface area contributed by atoms with E-state index in [1.54, 1.807) is 18.3 Å². The lowest BCUT2D eigenvalue weighted by Crippen LogP contribution is -2.58. The lowest BCUT2D eigenvalue weighted by Gasteiger charge is -2.47. The summed E-state index contributed by atoms with van der Waals surface area (Å²) in [4.78, 5) is 11.0. The summed E-state index contributed by atoms with van der Waals surface area (Å²) < 4.78 is 5.24. The molecule has 4 rings (SSSR count). The Kier molecular flexibility index (Phi) is 4.07. The van der Waals surface area contributed by atoms with Crippen molar-refractivity contribution in [1.29, 1.82) is 5.26 Å². The van der Waals surface area contributed by atoms with Gasteiger partial charge < -0.3 is 10.1 Å². The topological polar surface area (TPSA) is 74.1 Å². The van der Waals surface area contributed by atoms with Gasteiger partial charge in [-0.15, -0.1) is 0 Å². The van der Waals surface area contributed by atoms with Crippen LogP contribution in [0.2, 0.25) is 5.15 Å². The first-order chi connectivity index (χ1) is 11.7. The minimum Gasteiger partial charge on any atom is -0.378 e. The van der Waals surface area contributed by atoms with Crippen molar-refractivity contribution in [1.82, 2.24) is 14.9 Å². The molecule has 0 bridgehead atoms. The highest BCUT2D eigenvalue weighted by Crippen LogP contribution is 2.33. The standard InChI is InChI=1S/C17H16ClN5O/c18-15-4-12(13-7-23(8-13)14-9-24-10-14)5-17(21-15)22-16-3-11(6-19)1-2-20-16/h1-5,13-14H,7-10H2,(H,20,21,22). The van der Waals surface area contributed by atoms with E-state index >= 15 is 0 Å². The molecule has 24 heavy (non-hydrogen) atoms. The quantitative estimate of drug-likeness (QED) is 0.861. The molecule has 2 aromatic heterocycles. The van der Waals surface area contributed by atoms with Gasteiger partial charge in [-0.3, -0.25) is 4.90 Å². The Balaban J connectivity index is 1.48. The van der Waals surface area contributed by atoms with E-state index in [1.165, 1.54) is 5.56 Å². The number of pyridine rings is 2. The number of nitrogens with one attached hydrogen (secondary N) is 1. The van der Waals surface area contributed by atoms with Crippen molar-refractivity contribution >= 4 is 23.2 Å². The number of halogens is 1. The molecular formula is C17H16ClN5O. The number of hydrogen-bond acceptors (Lipinski definition) is 6. The first-order valence-corrected chi connectivity index (χ1v) is 8.21. The molecule has 0 unspecified atom stereocenters. The third kappa shape index (κ3) is 3.06. The summed E-state index contributed by atoms with van der Waals surface area (Å²) in [5.74, 6) is 1.69. The van der Waals surface area contributed by atoms with Crippen molar-refractivity contribution in [2.45, 2.75) is 12.0 Å². The monoisotopic (exact) mass is 341 g/mol. The fraction of sp³-hybridized carbons (Fsp3) is 0.353. The largest absolute Gasteiger partial charge is 0.378 e. The van der Waals surface area contributed by atoms with Gasteiger partial charge in [0.15, 0.2) is 0 Å². The predicted molar refractivity (Wildman–Crippen MR) is 90.4 cm³/mol. The van der Waals surface area contributed by atoms with E-state index in [1.807, 2.05) is 12.1 Å². The number of nitriles is 1. The van der Waals surface area contributed by atoms with E-state index in [9.17, 15) is 0 Å². The van der Waals surface area contributed by atoms with Gasteiger partial charge >= 0.3 is 0 Å². The Labute approximate surface area is 145 Å². The van der Waals surface area contributed by atoms with Crippen LogP contribution in [0.4, 0.5) is 11.6 Å².